The molecule has 1 fully saturated rings. The first kappa shape index (κ1) is 9.27. The molecule has 1 saturated carbocycles. The summed E-state index contributed by atoms with van der Waals surface area (Å²) in [5, 5.41) is 3.15. The Kier molecular flexibility index (Phi) is 2.29. The second-order valence-electron chi connectivity index (χ2n) is 3.34. The maximum atomic E-state index is 11.5. The van der Waals surface area contributed by atoms with E-state index < -0.39 is 0 Å². The summed E-state index contributed by atoms with van der Waals surface area (Å²) in [5.74, 6) is 0.108. The van der Waals surface area contributed by atoms with E-state index in [4.69, 9.17) is 17.3 Å². The summed E-state index contributed by atoms with van der Waals surface area (Å²) in [5.41, 5.74) is 5.88. The number of pyridine rings is 1. The number of nitrogens with two attached hydrogens (primary N) is 1. The number of carbonyl (C=O) groups excluding carboxylic acids is 1. The molecule has 5 heteroatoms. The highest BCUT2D eigenvalue weighted by Crippen LogP contribution is 2.20. The van der Waals surface area contributed by atoms with Crippen LogP contribution >= 0.6 is 11.6 Å². The first-order valence-electron chi connectivity index (χ1n) is 4.38. The zero-order valence-corrected chi connectivity index (χ0v) is 8.21. The maximum Gasteiger partial charge on any atom is 0.253 e. The van der Waals surface area contributed by atoms with Crippen LogP contribution in [-0.2, 0) is 0 Å². The number of nitrogen functional groups attached to an aromatic ring is 1. The van der Waals surface area contributed by atoms with Gasteiger partial charge in [0.05, 0.1) is 10.6 Å². The maximum absolute atomic E-state index is 11.5. The first-order chi connectivity index (χ1) is 6.66. The number of carbonyl (C=O) groups is 1. The molecule has 0 spiro atoms. The molecule has 2 rings (SSSR count). The highest BCUT2D eigenvalue weighted by molar-refractivity contribution is 6.33. The molecule has 0 saturated heterocycles. The van der Waals surface area contributed by atoms with Crippen LogP contribution < -0.4 is 11.1 Å². The summed E-state index contributed by atoms with van der Waals surface area (Å²) >= 11 is 5.74. The van der Waals surface area contributed by atoms with Gasteiger partial charge in [0.1, 0.15) is 5.82 Å². The summed E-state index contributed by atoms with van der Waals surface area (Å²) in [6, 6.07) is 1.86. The number of amides is 1. The monoisotopic (exact) mass is 211 g/mol. The third kappa shape index (κ3) is 1.96. The van der Waals surface area contributed by atoms with Gasteiger partial charge in [0.2, 0.25) is 0 Å². The number of hydrogen-bond acceptors (Lipinski definition) is 3. The van der Waals surface area contributed by atoms with Crippen molar-refractivity contribution in [1.82, 2.24) is 10.3 Å². The fourth-order valence-corrected chi connectivity index (χ4v) is 1.24. The number of aromatic nitrogens is 1. The molecule has 1 heterocycles. The topological polar surface area (TPSA) is 68.0 Å². The average Bonchev–Trinajstić information content (AvgIpc) is 2.93. The van der Waals surface area contributed by atoms with Crippen molar-refractivity contribution in [3.8, 4) is 0 Å². The summed E-state index contributed by atoms with van der Waals surface area (Å²) < 4.78 is 0. The molecule has 1 amide bonds. The summed E-state index contributed by atoms with van der Waals surface area (Å²) in [4.78, 5) is 15.3. The van der Waals surface area contributed by atoms with Gasteiger partial charge in [-0.2, -0.15) is 0 Å². The molecule has 1 aliphatic rings. The molecule has 1 aromatic rings. The van der Waals surface area contributed by atoms with Crippen LogP contribution in [0.4, 0.5) is 5.82 Å². The smallest absolute Gasteiger partial charge is 0.253 e. The number of halogens is 1. The van der Waals surface area contributed by atoms with Crippen molar-refractivity contribution < 1.29 is 4.79 Å². The first-order valence-corrected chi connectivity index (χ1v) is 4.76. The van der Waals surface area contributed by atoms with Gasteiger partial charge >= 0.3 is 0 Å². The predicted octanol–water partition coefficient (Wildman–Crippen LogP) is 1.21. The van der Waals surface area contributed by atoms with Crippen LogP contribution in [0.5, 0.6) is 0 Å². The molecule has 14 heavy (non-hydrogen) atoms. The Hall–Kier alpha value is -1.29. The molecule has 0 radical (unpaired) electrons. The Bertz CT molecular complexity index is 376. The number of nitrogens with zero attached hydrogens (tertiary/aromatic N) is 1. The quantitative estimate of drug-likeness (QED) is 0.773. The molecule has 1 aliphatic carbocycles. The van der Waals surface area contributed by atoms with Crippen LogP contribution in [0, 0.1) is 0 Å². The summed E-state index contributed by atoms with van der Waals surface area (Å²) in [6.45, 7) is 0. The largest absolute Gasteiger partial charge is 0.382 e. The van der Waals surface area contributed by atoms with Crippen molar-refractivity contribution in [2.24, 2.45) is 0 Å². The number of anilines is 1. The Balaban J connectivity index is 2.14. The lowest BCUT2D eigenvalue weighted by Crippen LogP contribution is -2.25. The van der Waals surface area contributed by atoms with Crippen LogP contribution in [0.25, 0.3) is 0 Å². The van der Waals surface area contributed by atoms with E-state index in [0.717, 1.165) is 12.8 Å². The van der Waals surface area contributed by atoms with Gasteiger partial charge in [0.15, 0.2) is 0 Å². The van der Waals surface area contributed by atoms with E-state index in [1.165, 1.54) is 12.3 Å². The summed E-state index contributed by atoms with van der Waals surface area (Å²) in [6.07, 6.45) is 3.54. The van der Waals surface area contributed by atoms with E-state index in [1.54, 1.807) is 0 Å². The molecular formula is C9H10ClN3O. The van der Waals surface area contributed by atoms with Gasteiger partial charge in [-0.15, -0.1) is 0 Å². The minimum atomic E-state index is -0.137. The van der Waals surface area contributed by atoms with Crippen LogP contribution in [0.1, 0.15) is 23.2 Å². The Morgan fingerprint density at radius 3 is 2.93 bits per heavy atom. The molecule has 1 aromatic heterocycles. The Labute approximate surface area is 86.5 Å². The van der Waals surface area contributed by atoms with E-state index in [2.05, 4.69) is 10.3 Å². The molecule has 0 unspecified atom stereocenters. The van der Waals surface area contributed by atoms with Crippen molar-refractivity contribution in [2.75, 3.05) is 5.73 Å². The molecule has 0 aliphatic heterocycles. The van der Waals surface area contributed by atoms with Gasteiger partial charge < -0.3 is 11.1 Å². The van der Waals surface area contributed by atoms with Crippen LogP contribution in [0.2, 0.25) is 5.02 Å². The average molecular weight is 212 g/mol. The van der Waals surface area contributed by atoms with Gasteiger partial charge in [-0.1, -0.05) is 11.6 Å². The number of rotatable bonds is 2. The lowest BCUT2D eigenvalue weighted by atomic mass is 10.2. The molecule has 3 N–H and O–H groups in total. The third-order valence-corrected chi connectivity index (χ3v) is 2.35. The lowest BCUT2D eigenvalue weighted by molar-refractivity contribution is 0.0951. The standard InChI is InChI=1S/C9H10ClN3O/c10-7-3-5(4-12-8(7)11)9(14)13-6-1-2-6/h3-4,6H,1-2H2,(H2,11,12)(H,13,14). The minimum Gasteiger partial charge on any atom is -0.382 e. The molecule has 0 bridgehead atoms. The summed E-state index contributed by atoms with van der Waals surface area (Å²) in [7, 11) is 0. The van der Waals surface area contributed by atoms with Crippen LogP contribution in [-0.4, -0.2) is 16.9 Å². The zero-order chi connectivity index (χ0) is 10.1. The van der Waals surface area contributed by atoms with E-state index >= 15 is 0 Å². The number of hydrogen-bond donors (Lipinski definition) is 2. The molecule has 74 valence electrons. The molecular weight excluding hydrogens is 202 g/mol. The molecule has 0 aromatic carbocycles. The molecule has 0 atom stereocenters. The van der Waals surface area contributed by atoms with E-state index in [9.17, 15) is 4.79 Å². The van der Waals surface area contributed by atoms with Gasteiger partial charge in [-0.25, -0.2) is 4.98 Å². The van der Waals surface area contributed by atoms with Gasteiger partial charge in [-0.3, -0.25) is 4.79 Å². The highest BCUT2D eigenvalue weighted by Gasteiger charge is 2.24. The van der Waals surface area contributed by atoms with Crippen molar-refractivity contribution in [1.29, 1.82) is 0 Å². The SMILES string of the molecule is Nc1ncc(C(=O)NC2CC2)cc1Cl. The highest BCUT2D eigenvalue weighted by atomic mass is 35.5. The lowest BCUT2D eigenvalue weighted by Gasteiger charge is -2.03. The van der Waals surface area contributed by atoms with Crippen LogP contribution in [0.15, 0.2) is 12.3 Å². The second-order valence-corrected chi connectivity index (χ2v) is 3.75. The Morgan fingerprint density at radius 1 is 1.64 bits per heavy atom. The Morgan fingerprint density at radius 2 is 2.36 bits per heavy atom. The van der Waals surface area contributed by atoms with E-state index in [1.807, 2.05) is 0 Å². The fraction of sp³-hybridized carbons (Fsp3) is 0.333. The van der Waals surface area contributed by atoms with Crippen LogP contribution in [0.3, 0.4) is 0 Å². The van der Waals surface area contributed by atoms with Crippen molar-refractivity contribution in [3.05, 3.63) is 22.8 Å². The minimum absolute atomic E-state index is 0.137. The molecule has 4 nitrogen and oxygen atoms in total. The van der Waals surface area contributed by atoms with Crippen molar-refractivity contribution >= 4 is 23.3 Å². The van der Waals surface area contributed by atoms with E-state index in [-0.39, 0.29) is 11.7 Å². The van der Waals surface area contributed by atoms with Gasteiger partial charge in [0, 0.05) is 12.2 Å². The number of nitrogens with one attached hydrogen (secondary N) is 1. The fourth-order valence-electron chi connectivity index (χ4n) is 1.07. The second kappa shape index (κ2) is 3.46. The van der Waals surface area contributed by atoms with Crippen molar-refractivity contribution in [3.63, 3.8) is 0 Å². The normalized spacial score (nSPS) is 15.2. The predicted molar refractivity (Wildman–Crippen MR) is 54.1 cm³/mol. The van der Waals surface area contributed by atoms with Gasteiger partial charge in [-0.05, 0) is 18.9 Å². The van der Waals surface area contributed by atoms with E-state index in [0.29, 0.717) is 16.6 Å². The zero-order valence-electron chi connectivity index (χ0n) is 7.46. The van der Waals surface area contributed by atoms with Crippen molar-refractivity contribution in [2.45, 2.75) is 18.9 Å². The van der Waals surface area contributed by atoms with Gasteiger partial charge in [0.25, 0.3) is 5.91 Å². The third-order valence-electron chi connectivity index (χ3n) is 2.04.